The zero-order chi connectivity index (χ0) is 59.8. The molecule has 0 radical (unpaired) electrons. The number of allylic oxidation sites excluding steroid dienone is 16. The molecule has 0 aromatic carbocycles. The van der Waals surface area contributed by atoms with Gasteiger partial charge in [-0.25, -0.2) is 0 Å². The van der Waals surface area contributed by atoms with Crippen molar-refractivity contribution in [3.63, 3.8) is 0 Å². The first-order chi connectivity index (χ1) is 41.1. The molecule has 0 aliphatic heterocycles. The van der Waals surface area contributed by atoms with Gasteiger partial charge in [0.15, 0.2) is 6.10 Å². The van der Waals surface area contributed by atoms with Crippen molar-refractivity contribution in [1.82, 2.24) is 0 Å². The summed E-state index contributed by atoms with van der Waals surface area (Å²) < 4.78 is 10.8. The van der Waals surface area contributed by atoms with E-state index in [0.29, 0.717) is 12.8 Å². The minimum absolute atomic E-state index is 0.0676. The summed E-state index contributed by atoms with van der Waals surface area (Å²) in [6.07, 6.45) is 105. The molecule has 0 aliphatic rings. The Morgan fingerprint density at radius 2 is 0.518 bits per heavy atom. The van der Waals surface area contributed by atoms with Gasteiger partial charge in [-0.05, 0) is 77.0 Å². The fraction of sp³-hybridized carbons (Fsp3) is 0.769. The van der Waals surface area contributed by atoms with E-state index >= 15 is 0 Å². The number of carbonyl (C=O) groups is 2. The zero-order valence-corrected chi connectivity index (χ0v) is 55.2. The minimum Gasteiger partial charge on any atom is -0.462 e. The van der Waals surface area contributed by atoms with Crippen molar-refractivity contribution >= 4 is 11.9 Å². The second-order valence-corrected chi connectivity index (χ2v) is 24.3. The Balaban J connectivity index is 3.46. The predicted molar refractivity (Wildman–Crippen MR) is 366 cm³/mol. The summed E-state index contributed by atoms with van der Waals surface area (Å²) in [5.41, 5.74) is 0. The van der Waals surface area contributed by atoms with Crippen LogP contribution in [-0.4, -0.2) is 36.4 Å². The van der Waals surface area contributed by atoms with Crippen molar-refractivity contribution in [3.8, 4) is 0 Å². The van der Waals surface area contributed by atoms with Crippen molar-refractivity contribution in [1.29, 1.82) is 0 Å². The first-order valence-corrected chi connectivity index (χ1v) is 36.3. The molecule has 0 amide bonds. The van der Waals surface area contributed by atoms with Gasteiger partial charge in [0.25, 0.3) is 0 Å². The van der Waals surface area contributed by atoms with Gasteiger partial charge in [-0.15, -0.1) is 0 Å². The van der Waals surface area contributed by atoms with Crippen LogP contribution in [-0.2, 0) is 19.1 Å². The topological polar surface area (TPSA) is 72.8 Å². The van der Waals surface area contributed by atoms with Crippen LogP contribution in [0.5, 0.6) is 0 Å². The number of hydrogen-bond donors (Lipinski definition) is 1. The summed E-state index contributed by atoms with van der Waals surface area (Å²) in [5.74, 6) is -0.583. The molecule has 0 fully saturated rings. The third-order valence-electron chi connectivity index (χ3n) is 16.1. The molecule has 0 saturated heterocycles. The molecule has 83 heavy (non-hydrogen) atoms. The van der Waals surface area contributed by atoms with E-state index in [1.54, 1.807) is 0 Å². The van der Waals surface area contributed by atoms with E-state index < -0.39 is 6.10 Å². The van der Waals surface area contributed by atoms with Gasteiger partial charge in [0.1, 0.15) is 6.61 Å². The average Bonchev–Trinajstić information content (AvgIpc) is 3.49. The predicted octanol–water partition coefficient (Wildman–Crippen LogP) is 25.4. The maximum absolute atomic E-state index is 12.4. The second-order valence-electron chi connectivity index (χ2n) is 24.3. The van der Waals surface area contributed by atoms with Crippen LogP contribution < -0.4 is 0 Å². The van der Waals surface area contributed by atoms with Crippen LogP contribution in [0.15, 0.2) is 97.2 Å². The van der Waals surface area contributed by atoms with Crippen LogP contribution >= 0.6 is 0 Å². The molecule has 0 aromatic heterocycles. The summed E-state index contributed by atoms with van der Waals surface area (Å²) in [6, 6.07) is 0. The molecule has 0 aliphatic carbocycles. The smallest absolute Gasteiger partial charge is 0.306 e. The number of hydrogen-bond acceptors (Lipinski definition) is 5. The SMILES string of the molecule is CC/C=C\C/C=C\C/C=C\C/C=C\C/C=C\C/C=C\C/C=C\C/C=C\CCCCCCCCCCCCC(=O)OC(CO)COC(=O)CCCCCCCCCCCCCCCCCCCCCCCCCCCCCCCCCCCC. The van der Waals surface area contributed by atoms with Gasteiger partial charge in [-0.1, -0.05) is 374 Å². The molecule has 0 heterocycles. The van der Waals surface area contributed by atoms with Crippen molar-refractivity contribution in [2.45, 2.75) is 373 Å². The van der Waals surface area contributed by atoms with Crippen LogP contribution in [0, 0.1) is 0 Å². The van der Waals surface area contributed by atoms with Crippen molar-refractivity contribution in [3.05, 3.63) is 97.2 Å². The molecule has 5 heteroatoms. The summed E-state index contributed by atoms with van der Waals surface area (Å²) in [6.45, 7) is 4.07. The number of esters is 2. The number of aliphatic hydroxyl groups is 1. The Hall–Kier alpha value is -3.18. The van der Waals surface area contributed by atoms with E-state index in [0.717, 1.165) is 89.9 Å². The Bertz CT molecular complexity index is 1550. The number of carbonyl (C=O) groups excluding carboxylic acids is 2. The highest BCUT2D eigenvalue weighted by atomic mass is 16.6. The standard InChI is InChI=1S/C78H138O5/c1-3-5-7-9-11-13-15-17-19-21-23-25-27-29-31-33-35-37-39-41-43-45-47-49-51-53-55-57-59-61-63-65-67-69-71-73-78(81)83-76(74-79)75-82-77(80)72-70-68-66-64-62-60-58-56-54-52-50-48-46-44-42-40-38-36-34-32-30-28-26-24-22-20-18-16-14-12-10-8-6-4-2/h5,7,11,13,17,19,23,25,29,31,35,37,41,43,47,49,76,79H,3-4,6,8-10,12,14-16,18,20-22,24,26-28,30,32-34,36,38-40,42,44-46,48,50-75H2,1-2H3/b7-5-,13-11-,19-17-,25-23-,31-29-,37-35-,43-41-,49-47-. The van der Waals surface area contributed by atoms with E-state index in [-0.39, 0.29) is 25.2 Å². The zero-order valence-electron chi connectivity index (χ0n) is 55.2. The summed E-state index contributed by atoms with van der Waals surface area (Å²) in [4.78, 5) is 24.7. The molecule has 0 aromatic rings. The summed E-state index contributed by atoms with van der Waals surface area (Å²) >= 11 is 0. The Morgan fingerprint density at radius 1 is 0.289 bits per heavy atom. The lowest BCUT2D eigenvalue weighted by atomic mass is 10.0. The van der Waals surface area contributed by atoms with Crippen LogP contribution in [0.2, 0.25) is 0 Å². The van der Waals surface area contributed by atoms with Crippen molar-refractivity contribution < 1.29 is 24.2 Å². The molecular formula is C78H138O5. The highest BCUT2D eigenvalue weighted by molar-refractivity contribution is 5.70. The average molecular weight is 1160 g/mol. The van der Waals surface area contributed by atoms with Crippen LogP contribution in [0.25, 0.3) is 0 Å². The highest BCUT2D eigenvalue weighted by Gasteiger charge is 2.16. The third-order valence-corrected chi connectivity index (χ3v) is 16.1. The highest BCUT2D eigenvalue weighted by Crippen LogP contribution is 2.19. The van der Waals surface area contributed by atoms with Gasteiger partial charge in [-0.3, -0.25) is 9.59 Å². The lowest BCUT2D eigenvalue weighted by Gasteiger charge is -2.15. The van der Waals surface area contributed by atoms with E-state index in [1.165, 1.54) is 250 Å². The summed E-state index contributed by atoms with van der Waals surface area (Å²) in [5, 5.41) is 9.71. The Labute approximate surface area is 517 Å². The summed E-state index contributed by atoms with van der Waals surface area (Å²) in [7, 11) is 0. The number of unbranched alkanes of at least 4 members (excludes halogenated alkanes) is 43. The van der Waals surface area contributed by atoms with Crippen LogP contribution in [0.1, 0.15) is 367 Å². The molecule has 0 saturated carbocycles. The van der Waals surface area contributed by atoms with Gasteiger partial charge in [-0.2, -0.15) is 0 Å². The lowest BCUT2D eigenvalue weighted by Crippen LogP contribution is -2.28. The van der Waals surface area contributed by atoms with Gasteiger partial charge in [0, 0.05) is 12.8 Å². The fourth-order valence-electron chi connectivity index (χ4n) is 10.8. The first kappa shape index (κ1) is 79.8. The molecule has 0 spiro atoms. The monoisotopic (exact) mass is 1160 g/mol. The van der Waals surface area contributed by atoms with Crippen molar-refractivity contribution in [2.75, 3.05) is 13.2 Å². The molecule has 0 rings (SSSR count). The molecule has 1 N–H and O–H groups in total. The third kappa shape index (κ3) is 71.2. The maximum Gasteiger partial charge on any atom is 0.306 e. The van der Waals surface area contributed by atoms with E-state index in [9.17, 15) is 14.7 Å². The van der Waals surface area contributed by atoms with E-state index in [2.05, 4.69) is 111 Å². The van der Waals surface area contributed by atoms with E-state index in [1.807, 2.05) is 0 Å². The van der Waals surface area contributed by atoms with E-state index in [4.69, 9.17) is 9.47 Å². The lowest BCUT2D eigenvalue weighted by molar-refractivity contribution is -0.161. The van der Waals surface area contributed by atoms with Gasteiger partial charge < -0.3 is 14.6 Å². The number of ether oxygens (including phenoxy) is 2. The Kier molecular flexibility index (Phi) is 70.3. The number of aliphatic hydroxyl groups excluding tert-OH is 1. The normalized spacial score (nSPS) is 12.8. The molecule has 0 bridgehead atoms. The fourth-order valence-corrected chi connectivity index (χ4v) is 10.8. The second kappa shape index (κ2) is 73.1. The largest absolute Gasteiger partial charge is 0.462 e. The quantitative estimate of drug-likeness (QED) is 0.0373. The molecular weight excluding hydrogens is 1020 g/mol. The van der Waals surface area contributed by atoms with Gasteiger partial charge in [0.2, 0.25) is 0 Å². The maximum atomic E-state index is 12.4. The molecule has 5 nitrogen and oxygen atoms in total. The van der Waals surface area contributed by atoms with Gasteiger partial charge >= 0.3 is 11.9 Å². The van der Waals surface area contributed by atoms with Gasteiger partial charge in [0.05, 0.1) is 6.61 Å². The van der Waals surface area contributed by atoms with Crippen LogP contribution in [0.4, 0.5) is 0 Å². The van der Waals surface area contributed by atoms with Crippen LogP contribution in [0.3, 0.4) is 0 Å². The number of rotatable bonds is 67. The van der Waals surface area contributed by atoms with Crippen molar-refractivity contribution in [2.24, 2.45) is 0 Å². The first-order valence-electron chi connectivity index (χ1n) is 36.3. The minimum atomic E-state index is -0.780. The molecule has 1 atom stereocenters. The Morgan fingerprint density at radius 3 is 0.783 bits per heavy atom. The molecule has 480 valence electrons. The molecule has 1 unspecified atom stereocenters.